The highest BCUT2D eigenvalue weighted by Gasteiger charge is 2.11. The predicted molar refractivity (Wildman–Crippen MR) is 151 cm³/mol. The summed E-state index contributed by atoms with van der Waals surface area (Å²) in [6, 6.07) is 23.3. The molecule has 4 aromatic rings. The van der Waals surface area contributed by atoms with Crippen molar-refractivity contribution in [3.05, 3.63) is 94.8 Å². The molecule has 4 rings (SSSR count). The lowest BCUT2D eigenvalue weighted by Crippen LogP contribution is -2.29. The smallest absolute Gasteiger partial charge is 0.257 e. The van der Waals surface area contributed by atoms with Gasteiger partial charge in [0.15, 0.2) is 6.61 Å². The van der Waals surface area contributed by atoms with E-state index in [9.17, 15) is 4.79 Å². The molecule has 5 heteroatoms. The number of nitrogens with zero attached hydrogens (tertiary/aromatic N) is 2. The molecule has 1 amide bonds. The van der Waals surface area contributed by atoms with E-state index in [-0.39, 0.29) is 12.5 Å². The highest BCUT2D eigenvalue weighted by molar-refractivity contribution is 5.77. The van der Waals surface area contributed by atoms with Crippen LogP contribution in [0.4, 0.5) is 0 Å². The first-order valence-corrected chi connectivity index (χ1v) is 13.4. The van der Waals surface area contributed by atoms with Crippen molar-refractivity contribution in [2.24, 2.45) is 0 Å². The van der Waals surface area contributed by atoms with Crippen molar-refractivity contribution in [3.63, 3.8) is 0 Å². The first-order chi connectivity index (χ1) is 17.9. The molecule has 3 aromatic carbocycles. The quantitative estimate of drug-likeness (QED) is 0.221. The van der Waals surface area contributed by atoms with E-state index in [4.69, 9.17) is 9.72 Å². The normalized spacial score (nSPS) is 11.3. The minimum Gasteiger partial charge on any atom is -0.483 e. The molecule has 1 N–H and O–H groups in total. The van der Waals surface area contributed by atoms with Gasteiger partial charge in [-0.1, -0.05) is 68.8 Å². The molecule has 0 bridgehead atoms. The number of benzene rings is 3. The lowest BCUT2D eigenvalue weighted by Gasteiger charge is -2.12. The van der Waals surface area contributed by atoms with E-state index < -0.39 is 0 Å². The number of hydrogen-bond donors (Lipinski definition) is 1. The number of nitrogens with one attached hydrogen (secondary N) is 1. The molecule has 0 saturated carbocycles. The Balaban J connectivity index is 1.25. The second kappa shape index (κ2) is 12.6. The number of fused-ring (bicyclic) bond motifs is 1. The van der Waals surface area contributed by atoms with Gasteiger partial charge in [-0.3, -0.25) is 4.79 Å². The number of hydrogen-bond acceptors (Lipinski definition) is 3. The Bertz CT molecular complexity index is 1320. The van der Waals surface area contributed by atoms with Gasteiger partial charge in [0.05, 0.1) is 11.0 Å². The lowest BCUT2D eigenvalue weighted by atomic mass is 10.0. The Morgan fingerprint density at radius 2 is 1.76 bits per heavy atom. The molecule has 0 aliphatic heterocycles. The van der Waals surface area contributed by atoms with E-state index >= 15 is 0 Å². The summed E-state index contributed by atoms with van der Waals surface area (Å²) in [5.74, 6) is 2.36. The average molecular weight is 498 g/mol. The van der Waals surface area contributed by atoms with Crippen LogP contribution in [0.5, 0.6) is 5.75 Å². The first kappa shape index (κ1) is 26.5. The summed E-state index contributed by atoms with van der Waals surface area (Å²) in [5, 5.41) is 2.98. The molecule has 1 heterocycles. The maximum absolute atomic E-state index is 12.2. The largest absolute Gasteiger partial charge is 0.483 e. The van der Waals surface area contributed by atoms with Crippen LogP contribution in [0.1, 0.15) is 67.1 Å². The van der Waals surface area contributed by atoms with Crippen molar-refractivity contribution < 1.29 is 9.53 Å². The summed E-state index contributed by atoms with van der Waals surface area (Å²) in [6.45, 7) is 9.99. The van der Waals surface area contributed by atoms with Crippen LogP contribution in [0.2, 0.25) is 0 Å². The van der Waals surface area contributed by atoms with Gasteiger partial charge in [-0.25, -0.2) is 4.98 Å². The topological polar surface area (TPSA) is 56.1 Å². The second-order valence-corrected chi connectivity index (χ2v) is 10.2. The van der Waals surface area contributed by atoms with Crippen LogP contribution in [0, 0.1) is 13.8 Å². The monoisotopic (exact) mass is 497 g/mol. The molecule has 0 saturated heterocycles. The van der Waals surface area contributed by atoms with Gasteiger partial charge in [-0.05, 0) is 73.1 Å². The van der Waals surface area contributed by atoms with Gasteiger partial charge in [0, 0.05) is 19.5 Å². The average Bonchev–Trinajstić information content (AvgIpc) is 3.24. The number of ether oxygens (including phenoxy) is 1. The number of aromatic nitrogens is 2. The number of amides is 1. The SMILES string of the molecule is Cc1ccc(C)c(OCC(=O)NCCCCCc2nc3ccccc3n2Cc2ccc(C(C)C)cc2)c1. The number of carbonyl (C=O) groups is 1. The molecule has 0 radical (unpaired) electrons. The summed E-state index contributed by atoms with van der Waals surface area (Å²) < 4.78 is 8.05. The van der Waals surface area contributed by atoms with E-state index in [0.29, 0.717) is 12.5 Å². The van der Waals surface area contributed by atoms with Gasteiger partial charge in [0.25, 0.3) is 5.91 Å². The maximum Gasteiger partial charge on any atom is 0.257 e. The maximum atomic E-state index is 12.2. The molecule has 0 fully saturated rings. The van der Waals surface area contributed by atoms with Crippen LogP contribution in [0.15, 0.2) is 66.7 Å². The molecule has 194 valence electrons. The zero-order valence-corrected chi connectivity index (χ0v) is 22.6. The molecule has 0 aliphatic carbocycles. The lowest BCUT2D eigenvalue weighted by molar-refractivity contribution is -0.123. The fourth-order valence-electron chi connectivity index (χ4n) is 4.55. The molecular weight excluding hydrogens is 458 g/mol. The molecule has 0 aliphatic rings. The summed E-state index contributed by atoms with van der Waals surface area (Å²) in [7, 11) is 0. The number of aryl methyl sites for hydroxylation is 3. The first-order valence-electron chi connectivity index (χ1n) is 13.4. The van der Waals surface area contributed by atoms with E-state index in [2.05, 4.69) is 66.2 Å². The minimum absolute atomic E-state index is 0.0481. The third-order valence-electron chi connectivity index (χ3n) is 6.82. The molecule has 0 atom stereocenters. The van der Waals surface area contributed by atoms with Gasteiger partial charge < -0.3 is 14.6 Å². The predicted octanol–water partition coefficient (Wildman–Crippen LogP) is 6.73. The van der Waals surface area contributed by atoms with E-state index in [1.165, 1.54) is 16.6 Å². The number of para-hydroxylation sites is 2. The van der Waals surface area contributed by atoms with Gasteiger partial charge in [-0.15, -0.1) is 0 Å². The fraction of sp³-hybridized carbons (Fsp3) is 0.375. The van der Waals surface area contributed by atoms with Crippen LogP contribution in [0.25, 0.3) is 11.0 Å². The summed E-state index contributed by atoms with van der Waals surface area (Å²) in [5.41, 5.74) is 7.05. The number of carbonyl (C=O) groups excluding carboxylic acids is 1. The van der Waals surface area contributed by atoms with Gasteiger partial charge in [0.2, 0.25) is 0 Å². The molecule has 1 aromatic heterocycles. The molecule has 0 spiro atoms. The van der Waals surface area contributed by atoms with Gasteiger partial charge in [-0.2, -0.15) is 0 Å². The second-order valence-electron chi connectivity index (χ2n) is 10.2. The number of rotatable bonds is 12. The van der Waals surface area contributed by atoms with E-state index in [0.717, 1.165) is 60.4 Å². The highest BCUT2D eigenvalue weighted by atomic mass is 16.5. The zero-order valence-electron chi connectivity index (χ0n) is 22.6. The van der Waals surface area contributed by atoms with Crippen LogP contribution in [-0.2, 0) is 17.8 Å². The van der Waals surface area contributed by atoms with E-state index in [1.807, 2.05) is 38.1 Å². The Hall–Kier alpha value is -3.60. The number of unbranched alkanes of at least 4 members (excludes halogenated alkanes) is 2. The van der Waals surface area contributed by atoms with Crippen molar-refractivity contribution in [2.45, 2.75) is 65.8 Å². The van der Waals surface area contributed by atoms with Crippen molar-refractivity contribution in [3.8, 4) is 5.75 Å². The zero-order chi connectivity index (χ0) is 26.2. The summed E-state index contributed by atoms with van der Waals surface area (Å²) >= 11 is 0. The van der Waals surface area contributed by atoms with Crippen molar-refractivity contribution >= 4 is 16.9 Å². The minimum atomic E-state index is -0.0776. The Kier molecular flexibility index (Phi) is 8.99. The summed E-state index contributed by atoms with van der Waals surface area (Å²) in [6.07, 6.45) is 3.92. The Morgan fingerprint density at radius 3 is 2.54 bits per heavy atom. The van der Waals surface area contributed by atoms with Gasteiger partial charge >= 0.3 is 0 Å². The molecular formula is C32H39N3O2. The standard InChI is InChI=1S/C32H39N3O2/c1-23(2)27-17-15-26(16-18-27)21-35-29-11-8-7-10-28(29)34-31(35)12-6-5-9-19-33-32(36)22-37-30-20-24(3)13-14-25(30)4/h7-8,10-11,13-18,20,23H,5-6,9,12,19,21-22H2,1-4H3,(H,33,36). The number of imidazole rings is 1. The van der Waals surface area contributed by atoms with Crippen LogP contribution in [0.3, 0.4) is 0 Å². The van der Waals surface area contributed by atoms with Crippen LogP contribution in [-0.4, -0.2) is 28.6 Å². The molecule has 0 unspecified atom stereocenters. The highest BCUT2D eigenvalue weighted by Crippen LogP contribution is 2.21. The Morgan fingerprint density at radius 1 is 0.973 bits per heavy atom. The van der Waals surface area contributed by atoms with Gasteiger partial charge in [0.1, 0.15) is 11.6 Å². The Labute approximate surface area is 220 Å². The van der Waals surface area contributed by atoms with Crippen molar-refractivity contribution in [2.75, 3.05) is 13.2 Å². The fourth-order valence-corrected chi connectivity index (χ4v) is 4.55. The molecule has 37 heavy (non-hydrogen) atoms. The van der Waals surface area contributed by atoms with Crippen molar-refractivity contribution in [1.82, 2.24) is 14.9 Å². The van der Waals surface area contributed by atoms with Crippen molar-refractivity contribution in [1.29, 1.82) is 0 Å². The molecule has 5 nitrogen and oxygen atoms in total. The van der Waals surface area contributed by atoms with Crippen LogP contribution < -0.4 is 10.1 Å². The summed E-state index contributed by atoms with van der Waals surface area (Å²) in [4.78, 5) is 17.1. The third kappa shape index (κ3) is 7.22. The van der Waals surface area contributed by atoms with Crippen LogP contribution >= 0.6 is 0 Å². The van der Waals surface area contributed by atoms with E-state index in [1.54, 1.807) is 0 Å². The third-order valence-corrected chi connectivity index (χ3v) is 6.82.